The van der Waals surface area contributed by atoms with E-state index in [4.69, 9.17) is 11.6 Å². The number of halogens is 3. The molecule has 112 valence electrons. The van der Waals surface area contributed by atoms with Crippen LogP contribution < -0.4 is 5.32 Å². The molecule has 0 aromatic heterocycles. The summed E-state index contributed by atoms with van der Waals surface area (Å²) >= 11 is 8.17. The minimum Gasteiger partial charge on any atom is -0.334 e. The first-order chi connectivity index (χ1) is 9.13. The summed E-state index contributed by atoms with van der Waals surface area (Å²) in [6.07, 6.45) is 2.02. The third kappa shape index (κ3) is 4.23. The van der Waals surface area contributed by atoms with Crippen molar-refractivity contribution in [1.82, 2.24) is 10.2 Å². The second-order valence-electron chi connectivity index (χ2n) is 4.77. The molecule has 6 heteroatoms. The highest BCUT2D eigenvalue weighted by Crippen LogP contribution is 2.21. The van der Waals surface area contributed by atoms with E-state index >= 15 is 0 Å². The second-order valence-corrected chi connectivity index (χ2v) is 6.34. The Hall–Kier alpha value is -0.0400. The van der Waals surface area contributed by atoms with E-state index in [-0.39, 0.29) is 18.3 Å². The molecule has 0 saturated carbocycles. The molecule has 20 heavy (non-hydrogen) atoms. The SMILES string of the molecule is CCCN(C(=O)c1ccc(Cl)c(I)c1)C1CCNC1.Cl. The first-order valence-corrected chi connectivity index (χ1v) is 8.06. The Morgan fingerprint density at radius 1 is 1.55 bits per heavy atom. The highest BCUT2D eigenvalue weighted by molar-refractivity contribution is 14.1. The molecule has 1 N–H and O–H groups in total. The first kappa shape index (κ1) is 18.0. The van der Waals surface area contributed by atoms with Crippen LogP contribution in [0.3, 0.4) is 0 Å². The van der Waals surface area contributed by atoms with Gasteiger partial charge >= 0.3 is 0 Å². The molecule has 1 aliphatic rings. The minimum absolute atomic E-state index is 0. The summed E-state index contributed by atoms with van der Waals surface area (Å²) in [6.45, 7) is 4.81. The van der Waals surface area contributed by atoms with Crippen molar-refractivity contribution in [3.63, 3.8) is 0 Å². The molecule has 1 aliphatic heterocycles. The van der Waals surface area contributed by atoms with Crippen LogP contribution in [0.1, 0.15) is 30.1 Å². The molecule has 1 aromatic rings. The zero-order valence-electron chi connectivity index (χ0n) is 11.4. The van der Waals surface area contributed by atoms with Gasteiger partial charge in [-0.2, -0.15) is 0 Å². The van der Waals surface area contributed by atoms with Gasteiger partial charge in [-0.3, -0.25) is 4.79 Å². The third-order valence-electron chi connectivity index (χ3n) is 3.37. The number of carbonyl (C=O) groups excluding carboxylic acids is 1. The number of nitrogens with zero attached hydrogens (tertiary/aromatic N) is 1. The number of carbonyl (C=O) groups is 1. The molecular formula is C14H19Cl2IN2O. The predicted octanol–water partition coefficient (Wildman–Crippen LogP) is 3.58. The zero-order chi connectivity index (χ0) is 13.8. The molecule has 1 saturated heterocycles. The zero-order valence-corrected chi connectivity index (χ0v) is 15.1. The number of nitrogens with one attached hydrogen (secondary N) is 1. The molecule has 0 spiro atoms. The fourth-order valence-corrected chi connectivity index (χ4v) is 3.02. The van der Waals surface area contributed by atoms with Crippen LogP contribution in [-0.2, 0) is 0 Å². The molecule has 1 aromatic carbocycles. The van der Waals surface area contributed by atoms with Crippen LogP contribution in [0.2, 0.25) is 5.02 Å². The summed E-state index contributed by atoms with van der Waals surface area (Å²) in [5.74, 6) is 0.116. The van der Waals surface area contributed by atoms with Gasteiger partial charge < -0.3 is 10.2 Å². The van der Waals surface area contributed by atoms with E-state index in [2.05, 4.69) is 34.8 Å². The Labute approximate surface area is 145 Å². The summed E-state index contributed by atoms with van der Waals surface area (Å²) in [5.41, 5.74) is 0.731. The van der Waals surface area contributed by atoms with Gasteiger partial charge in [-0.1, -0.05) is 18.5 Å². The molecule has 0 aliphatic carbocycles. The Morgan fingerprint density at radius 3 is 2.85 bits per heavy atom. The summed E-state index contributed by atoms with van der Waals surface area (Å²) in [4.78, 5) is 14.6. The quantitative estimate of drug-likeness (QED) is 0.743. The van der Waals surface area contributed by atoms with Crippen molar-refractivity contribution >= 4 is 52.5 Å². The third-order valence-corrected chi connectivity index (χ3v) is 4.91. The Morgan fingerprint density at radius 2 is 2.30 bits per heavy atom. The van der Waals surface area contributed by atoms with E-state index in [1.54, 1.807) is 6.07 Å². The topological polar surface area (TPSA) is 32.3 Å². The lowest BCUT2D eigenvalue weighted by Gasteiger charge is -2.28. The van der Waals surface area contributed by atoms with E-state index in [0.29, 0.717) is 11.1 Å². The van der Waals surface area contributed by atoms with Crippen LogP contribution in [-0.4, -0.2) is 36.5 Å². The van der Waals surface area contributed by atoms with E-state index < -0.39 is 0 Å². The molecule has 2 rings (SSSR count). The average molecular weight is 429 g/mol. The number of hydrogen-bond donors (Lipinski definition) is 1. The van der Waals surface area contributed by atoms with Gasteiger partial charge in [0.1, 0.15) is 0 Å². The van der Waals surface area contributed by atoms with Gasteiger partial charge in [0.25, 0.3) is 5.91 Å². The van der Waals surface area contributed by atoms with Gasteiger partial charge in [-0.15, -0.1) is 12.4 Å². The Bertz CT molecular complexity index is 464. The Kier molecular flexibility index (Phi) is 7.58. The standard InChI is InChI=1S/C14H18ClIN2O.ClH/c1-2-7-18(11-5-6-17-9-11)14(19)10-3-4-12(15)13(16)8-10;/h3-4,8,11,17H,2,5-7,9H2,1H3;1H. The minimum atomic E-state index is 0. The van der Waals surface area contributed by atoms with Gasteiger partial charge in [0, 0.05) is 28.3 Å². The van der Waals surface area contributed by atoms with Crippen LogP contribution in [0.25, 0.3) is 0 Å². The lowest BCUT2D eigenvalue weighted by molar-refractivity contribution is 0.0692. The van der Waals surface area contributed by atoms with Crippen LogP contribution in [0.5, 0.6) is 0 Å². The fourth-order valence-electron chi connectivity index (χ4n) is 2.39. The van der Waals surface area contributed by atoms with E-state index in [0.717, 1.165) is 41.6 Å². The fraction of sp³-hybridized carbons (Fsp3) is 0.500. The summed E-state index contributed by atoms with van der Waals surface area (Å²) < 4.78 is 0.922. The summed E-state index contributed by atoms with van der Waals surface area (Å²) in [5, 5.41) is 4.02. The first-order valence-electron chi connectivity index (χ1n) is 6.60. The van der Waals surface area contributed by atoms with Gasteiger partial charge in [0.15, 0.2) is 0 Å². The predicted molar refractivity (Wildman–Crippen MR) is 94.0 cm³/mol. The lowest BCUT2D eigenvalue weighted by Crippen LogP contribution is -2.42. The summed E-state index contributed by atoms with van der Waals surface area (Å²) in [6, 6.07) is 5.81. The number of benzene rings is 1. The van der Waals surface area contributed by atoms with Gasteiger partial charge in [-0.05, 0) is 60.2 Å². The molecule has 1 atom stereocenters. The Balaban J connectivity index is 0.00000200. The molecule has 1 fully saturated rings. The van der Waals surface area contributed by atoms with Crippen molar-refractivity contribution in [2.75, 3.05) is 19.6 Å². The van der Waals surface area contributed by atoms with Crippen LogP contribution in [0, 0.1) is 3.57 Å². The second kappa shape index (κ2) is 8.41. The molecule has 0 bridgehead atoms. The van der Waals surface area contributed by atoms with Crippen molar-refractivity contribution in [3.05, 3.63) is 32.4 Å². The lowest BCUT2D eigenvalue weighted by atomic mass is 10.1. The smallest absolute Gasteiger partial charge is 0.254 e. The number of hydrogen-bond acceptors (Lipinski definition) is 2. The van der Waals surface area contributed by atoms with E-state index in [1.165, 1.54) is 0 Å². The van der Waals surface area contributed by atoms with Crippen molar-refractivity contribution in [1.29, 1.82) is 0 Å². The summed E-state index contributed by atoms with van der Waals surface area (Å²) in [7, 11) is 0. The van der Waals surface area contributed by atoms with Crippen molar-refractivity contribution in [2.24, 2.45) is 0 Å². The maximum Gasteiger partial charge on any atom is 0.254 e. The van der Waals surface area contributed by atoms with E-state index in [1.807, 2.05) is 17.0 Å². The largest absolute Gasteiger partial charge is 0.334 e. The van der Waals surface area contributed by atoms with Crippen LogP contribution in [0.15, 0.2) is 18.2 Å². The maximum atomic E-state index is 12.6. The monoisotopic (exact) mass is 428 g/mol. The highest BCUT2D eigenvalue weighted by Gasteiger charge is 2.26. The maximum absolute atomic E-state index is 12.6. The van der Waals surface area contributed by atoms with Crippen molar-refractivity contribution in [2.45, 2.75) is 25.8 Å². The van der Waals surface area contributed by atoms with Gasteiger partial charge in [0.05, 0.1) is 5.02 Å². The molecule has 3 nitrogen and oxygen atoms in total. The molecular weight excluding hydrogens is 410 g/mol. The molecule has 1 unspecified atom stereocenters. The van der Waals surface area contributed by atoms with Crippen LogP contribution >= 0.6 is 46.6 Å². The molecule has 1 heterocycles. The number of amides is 1. The average Bonchev–Trinajstić information content (AvgIpc) is 2.92. The molecule has 1 amide bonds. The highest BCUT2D eigenvalue weighted by atomic mass is 127. The van der Waals surface area contributed by atoms with Crippen LogP contribution in [0.4, 0.5) is 0 Å². The van der Waals surface area contributed by atoms with Crippen molar-refractivity contribution in [3.8, 4) is 0 Å². The number of rotatable bonds is 4. The van der Waals surface area contributed by atoms with Gasteiger partial charge in [-0.25, -0.2) is 0 Å². The molecule has 0 radical (unpaired) electrons. The normalized spacial score (nSPS) is 17.6. The van der Waals surface area contributed by atoms with E-state index in [9.17, 15) is 4.79 Å². The van der Waals surface area contributed by atoms with Crippen molar-refractivity contribution < 1.29 is 4.79 Å². The van der Waals surface area contributed by atoms with Gasteiger partial charge in [0.2, 0.25) is 0 Å².